The molecule has 29 heavy (non-hydrogen) atoms. The number of nitrogens with zero attached hydrogens (tertiary/aromatic N) is 1. The van der Waals surface area contributed by atoms with Crippen molar-refractivity contribution in [3.05, 3.63) is 81.8 Å². The van der Waals surface area contributed by atoms with Crippen molar-refractivity contribution in [2.45, 2.75) is 33.0 Å². The Balaban J connectivity index is 1.39. The van der Waals surface area contributed by atoms with Crippen molar-refractivity contribution < 1.29 is 14.3 Å². The van der Waals surface area contributed by atoms with Crippen LogP contribution < -0.4 is 10.1 Å². The molecular formula is C23H26N2O3S. The van der Waals surface area contributed by atoms with Crippen LogP contribution in [0.2, 0.25) is 0 Å². The molecule has 1 N–H and O–H groups in total. The molecule has 1 unspecified atom stereocenters. The van der Waals surface area contributed by atoms with Gasteiger partial charge in [0.2, 0.25) is 0 Å². The average molecular weight is 411 g/mol. The number of ether oxygens (including phenoxy) is 2. The number of thiazole rings is 1. The molecule has 0 aliphatic carbocycles. The number of amides is 1. The van der Waals surface area contributed by atoms with Crippen LogP contribution in [0.15, 0.2) is 60.0 Å². The van der Waals surface area contributed by atoms with Gasteiger partial charge in [0.15, 0.2) is 0 Å². The van der Waals surface area contributed by atoms with Crippen molar-refractivity contribution in [2.75, 3.05) is 13.2 Å². The molecule has 1 heterocycles. The van der Waals surface area contributed by atoms with E-state index >= 15 is 0 Å². The zero-order chi connectivity index (χ0) is 20.5. The van der Waals surface area contributed by atoms with E-state index in [9.17, 15) is 4.79 Å². The van der Waals surface area contributed by atoms with Crippen molar-refractivity contribution in [2.24, 2.45) is 0 Å². The molecule has 0 aliphatic heterocycles. The summed E-state index contributed by atoms with van der Waals surface area (Å²) >= 11 is 1.60. The second-order valence-electron chi connectivity index (χ2n) is 6.71. The van der Waals surface area contributed by atoms with Gasteiger partial charge in [-0.25, -0.2) is 4.98 Å². The van der Waals surface area contributed by atoms with E-state index in [1.807, 2.05) is 49.6 Å². The summed E-state index contributed by atoms with van der Waals surface area (Å²) < 4.78 is 11.6. The van der Waals surface area contributed by atoms with E-state index in [2.05, 4.69) is 22.4 Å². The molecule has 0 spiro atoms. The van der Waals surface area contributed by atoms with Crippen LogP contribution in [0, 0.1) is 6.92 Å². The fraction of sp³-hybridized carbons (Fsp3) is 0.304. The Morgan fingerprint density at radius 1 is 1.17 bits per heavy atom. The second kappa shape index (κ2) is 10.7. The first-order valence-electron chi connectivity index (χ1n) is 9.70. The fourth-order valence-electron chi connectivity index (χ4n) is 2.82. The van der Waals surface area contributed by atoms with Crippen LogP contribution in [0.25, 0.3) is 0 Å². The number of hydrogen-bond donors (Lipinski definition) is 1. The van der Waals surface area contributed by atoms with Gasteiger partial charge < -0.3 is 14.8 Å². The third-order valence-electron chi connectivity index (χ3n) is 4.39. The van der Waals surface area contributed by atoms with E-state index in [4.69, 9.17) is 9.47 Å². The monoisotopic (exact) mass is 410 g/mol. The first-order valence-corrected chi connectivity index (χ1v) is 10.6. The molecule has 5 nitrogen and oxygen atoms in total. The van der Waals surface area contributed by atoms with Crippen LogP contribution in [-0.2, 0) is 11.3 Å². The summed E-state index contributed by atoms with van der Waals surface area (Å²) in [6.45, 7) is 5.54. The molecule has 0 aliphatic rings. The number of carbonyl (C=O) groups is 1. The highest BCUT2D eigenvalue weighted by Crippen LogP contribution is 2.17. The fourth-order valence-corrected chi connectivity index (χ4v) is 3.41. The van der Waals surface area contributed by atoms with Gasteiger partial charge in [0, 0.05) is 24.1 Å². The maximum Gasteiger partial charge on any atom is 0.251 e. The van der Waals surface area contributed by atoms with Gasteiger partial charge in [-0.2, -0.15) is 0 Å². The molecule has 1 atom stereocenters. The number of nitrogens with one attached hydrogen (secondary N) is 1. The van der Waals surface area contributed by atoms with Crippen LogP contribution >= 0.6 is 11.3 Å². The van der Waals surface area contributed by atoms with Gasteiger partial charge in [-0.1, -0.05) is 36.4 Å². The van der Waals surface area contributed by atoms with Crippen LogP contribution in [-0.4, -0.2) is 24.0 Å². The number of benzene rings is 2. The summed E-state index contributed by atoms with van der Waals surface area (Å²) in [6, 6.07) is 17.3. The van der Waals surface area contributed by atoms with E-state index in [-0.39, 0.29) is 12.0 Å². The Morgan fingerprint density at radius 3 is 2.76 bits per heavy atom. The van der Waals surface area contributed by atoms with Crippen LogP contribution in [0.3, 0.4) is 0 Å². The largest absolute Gasteiger partial charge is 0.487 e. The van der Waals surface area contributed by atoms with E-state index in [1.165, 1.54) is 0 Å². The minimum absolute atomic E-state index is 0.0437. The molecule has 2 aromatic carbocycles. The van der Waals surface area contributed by atoms with Gasteiger partial charge in [-0.3, -0.25) is 4.79 Å². The van der Waals surface area contributed by atoms with Crippen LogP contribution in [0.1, 0.15) is 46.1 Å². The number of aromatic nitrogens is 1. The molecule has 1 amide bonds. The minimum Gasteiger partial charge on any atom is -0.487 e. The highest BCUT2D eigenvalue weighted by molar-refractivity contribution is 7.09. The van der Waals surface area contributed by atoms with E-state index < -0.39 is 0 Å². The third kappa shape index (κ3) is 6.69. The molecule has 0 saturated heterocycles. The Labute approximate surface area is 175 Å². The maximum atomic E-state index is 12.4. The predicted molar refractivity (Wildman–Crippen MR) is 115 cm³/mol. The molecule has 0 bridgehead atoms. The summed E-state index contributed by atoms with van der Waals surface area (Å²) in [5, 5.41) is 5.92. The summed E-state index contributed by atoms with van der Waals surface area (Å²) in [7, 11) is 0. The molecular weight excluding hydrogens is 384 g/mol. The molecule has 0 saturated carbocycles. The van der Waals surface area contributed by atoms with E-state index in [0.29, 0.717) is 31.1 Å². The molecule has 3 aromatic rings. The van der Waals surface area contributed by atoms with Gasteiger partial charge in [-0.05, 0) is 44.0 Å². The normalized spacial score (nSPS) is 11.8. The Kier molecular flexibility index (Phi) is 7.78. The van der Waals surface area contributed by atoms with Crippen molar-refractivity contribution >= 4 is 17.2 Å². The Morgan fingerprint density at radius 2 is 2.00 bits per heavy atom. The second-order valence-corrected chi connectivity index (χ2v) is 7.77. The van der Waals surface area contributed by atoms with Crippen molar-refractivity contribution in [3.63, 3.8) is 0 Å². The first-order chi connectivity index (χ1) is 14.1. The number of hydrogen-bond acceptors (Lipinski definition) is 5. The zero-order valence-electron chi connectivity index (χ0n) is 16.8. The van der Waals surface area contributed by atoms with Crippen molar-refractivity contribution in [1.82, 2.24) is 10.3 Å². The van der Waals surface area contributed by atoms with Crippen molar-refractivity contribution in [3.8, 4) is 5.75 Å². The first kappa shape index (κ1) is 21.0. The number of aryl methyl sites for hydroxylation is 1. The van der Waals surface area contributed by atoms with Gasteiger partial charge in [0.25, 0.3) is 5.91 Å². The highest BCUT2D eigenvalue weighted by Gasteiger charge is 2.08. The van der Waals surface area contributed by atoms with E-state index in [1.54, 1.807) is 23.5 Å². The lowest BCUT2D eigenvalue weighted by atomic mass is 10.1. The molecule has 1 aromatic heterocycles. The predicted octanol–water partition coefficient (Wildman–Crippen LogP) is 4.93. The van der Waals surface area contributed by atoms with Gasteiger partial charge in [-0.15, -0.1) is 11.3 Å². The quantitative estimate of drug-likeness (QED) is 0.482. The summed E-state index contributed by atoms with van der Waals surface area (Å²) in [5.41, 5.74) is 2.63. The summed E-state index contributed by atoms with van der Waals surface area (Å²) in [6.07, 6.45) is 0.796. The SMILES string of the molecule is Cc1nc(COc2cccc(C(=O)NCCCOC(C)c3ccccc3)c2)cs1. The number of rotatable bonds is 10. The molecule has 0 fully saturated rings. The molecule has 3 rings (SSSR count). The van der Waals surface area contributed by atoms with Gasteiger partial charge in [0.1, 0.15) is 12.4 Å². The Bertz CT molecular complexity index is 911. The topological polar surface area (TPSA) is 60.5 Å². The van der Waals surface area contributed by atoms with Crippen LogP contribution in [0.4, 0.5) is 0 Å². The lowest BCUT2D eigenvalue weighted by molar-refractivity contribution is 0.0635. The zero-order valence-corrected chi connectivity index (χ0v) is 17.6. The maximum absolute atomic E-state index is 12.4. The molecule has 6 heteroatoms. The smallest absolute Gasteiger partial charge is 0.251 e. The lowest BCUT2D eigenvalue weighted by Gasteiger charge is -2.13. The number of carbonyl (C=O) groups excluding carboxylic acids is 1. The van der Waals surface area contributed by atoms with Gasteiger partial charge in [0.05, 0.1) is 16.8 Å². The van der Waals surface area contributed by atoms with Gasteiger partial charge >= 0.3 is 0 Å². The third-order valence-corrected chi connectivity index (χ3v) is 5.22. The summed E-state index contributed by atoms with van der Waals surface area (Å²) in [4.78, 5) is 16.8. The average Bonchev–Trinajstić information content (AvgIpc) is 3.17. The molecule has 152 valence electrons. The Hall–Kier alpha value is -2.70. The summed E-state index contributed by atoms with van der Waals surface area (Å²) in [5.74, 6) is 0.541. The lowest BCUT2D eigenvalue weighted by Crippen LogP contribution is -2.25. The van der Waals surface area contributed by atoms with Crippen LogP contribution in [0.5, 0.6) is 5.75 Å². The standard InChI is InChI=1S/C23H26N2O3S/c1-17(19-8-4-3-5-9-19)27-13-7-12-24-23(26)20-10-6-11-22(14-20)28-15-21-16-29-18(2)25-21/h3-6,8-11,14,16-17H,7,12-13,15H2,1-2H3,(H,24,26). The van der Waals surface area contributed by atoms with Crippen molar-refractivity contribution in [1.29, 1.82) is 0 Å². The minimum atomic E-state index is -0.115. The highest BCUT2D eigenvalue weighted by atomic mass is 32.1. The van der Waals surface area contributed by atoms with E-state index in [0.717, 1.165) is 22.7 Å². The molecule has 0 radical (unpaired) electrons.